The van der Waals surface area contributed by atoms with E-state index in [9.17, 15) is 0 Å². The zero-order valence-electron chi connectivity index (χ0n) is 17.1. The lowest BCUT2D eigenvalue weighted by Gasteiger charge is -2.10. The maximum Gasteiger partial charge on any atom is 0.224 e. The van der Waals surface area contributed by atoms with E-state index in [-0.39, 0.29) is 0 Å². The summed E-state index contributed by atoms with van der Waals surface area (Å²) in [7, 11) is 0. The molecule has 0 atom stereocenters. The second-order valence-corrected chi connectivity index (χ2v) is 7.63. The zero-order valence-corrected chi connectivity index (χ0v) is 17.1. The smallest absolute Gasteiger partial charge is 0.224 e. The van der Waals surface area contributed by atoms with Crippen LogP contribution < -0.4 is 10.6 Å². The molecular weight excluding hydrogens is 372 g/mol. The molecule has 30 heavy (non-hydrogen) atoms. The molecule has 2 aromatic carbocycles. The Kier molecular flexibility index (Phi) is 4.59. The fourth-order valence-corrected chi connectivity index (χ4v) is 3.86. The van der Waals surface area contributed by atoms with Crippen LogP contribution in [-0.4, -0.2) is 26.5 Å². The van der Waals surface area contributed by atoms with Gasteiger partial charge in [-0.25, -0.2) is 4.98 Å². The second kappa shape index (κ2) is 7.55. The molecule has 0 amide bonds. The van der Waals surface area contributed by atoms with Crippen LogP contribution in [0.4, 0.5) is 17.5 Å². The summed E-state index contributed by atoms with van der Waals surface area (Å²) in [4.78, 5) is 15.9. The molecule has 0 fully saturated rings. The molecule has 0 radical (unpaired) electrons. The van der Waals surface area contributed by atoms with Crippen LogP contribution in [-0.2, 0) is 6.42 Å². The van der Waals surface area contributed by atoms with E-state index in [0.29, 0.717) is 5.95 Å². The topological polar surface area (TPSA) is 81.4 Å². The summed E-state index contributed by atoms with van der Waals surface area (Å²) in [5.74, 6) is 1.42. The molecule has 0 spiro atoms. The van der Waals surface area contributed by atoms with Crippen molar-refractivity contribution in [3.63, 3.8) is 0 Å². The van der Waals surface area contributed by atoms with Crippen LogP contribution in [0.3, 0.4) is 0 Å². The lowest BCUT2D eigenvalue weighted by molar-refractivity contribution is 0.981. The van der Waals surface area contributed by atoms with Gasteiger partial charge in [-0.3, -0.25) is 0 Å². The highest BCUT2D eigenvalue weighted by Crippen LogP contribution is 2.23. The fraction of sp³-hybridized carbons (Fsp3) is 0.167. The van der Waals surface area contributed by atoms with Gasteiger partial charge in [-0.2, -0.15) is 4.98 Å². The summed E-state index contributed by atoms with van der Waals surface area (Å²) in [6, 6.07) is 18.7. The first-order valence-corrected chi connectivity index (χ1v) is 10.1. The molecule has 0 aliphatic rings. The minimum absolute atomic E-state index is 0.635. The summed E-state index contributed by atoms with van der Waals surface area (Å²) in [6.07, 6.45) is 2.98. The lowest BCUT2D eigenvalue weighted by Crippen LogP contribution is -2.09. The van der Waals surface area contributed by atoms with Crippen molar-refractivity contribution < 1.29 is 0 Å². The van der Waals surface area contributed by atoms with E-state index in [4.69, 9.17) is 0 Å². The summed E-state index contributed by atoms with van der Waals surface area (Å²) >= 11 is 0. The summed E-state index contributed by atoms with van der Waals surface area (Å²) in [6.45, 7) is 4.81. The number of rotatable bonds is 6. The first kappa shape index (κ1) is 18.2. The molecule has 0 aliphatic carbocycles. The van der Waals surface area contributed by atoms with Gasteiger partial charge in [-0.1, -0.05) is 18.2 Å². The van der Waals surface area contributed by atoms with Crippen LogP contribution in [0.1, 0.15) is 17.0 Å². The molecule has 0 saturated carbocycles. The standard InChI is InChI=1S/C24H24N6/c1-15-11-18-13-19(7-8-21(18)27-15)29-23-12-16(2)28-24(30-23)25-10-9-17-14-26-22-6-4-3-5-20(17)22/h3-8,11-14,26-27H,9-10H2,1-2H3,(H2,25,28,29,30). The monoisotopic (exact) mass is 396 g/mol. The van der Waals surface area contributed by atoms with Gasteiger partial charge in [0.1, 0.15) is 5.82 Å². The van der Waals surface area contributed by atoms with Gasteiger partial charge < -0.3 is 20.6 Å². The molecule has 3 aromatic heterocycles. The van der Waals surface area contributed by atoms with Crippen LogP contribution in [0.25, 0.3) is 21.8 Å². The minimum Gasteiger partial charge on any atom is -0.361 e. The van der Waals surface area contributed by atoms with Crippen molar-refractivity contribution in [3.8, 4) is 0 Å². The predicted molar refractivity (Wildman–Crippen MR) is 124 cm³/mol. The Morgan fingerprint density at radius 1 is 0.933 bits per heavy atom. The van der Waals surface area contributed by atoms with Crippen LogP contribution >= 0.6 is 0 Å². The maximum atomic E-state index is 4.65. The van der Waals surface area contributed by atoms with Crippen LogP contribution in [0.2, 0.25) is 0 Å². The average Bonchev–Trinajstić information content (AvgIpc) is 3.30. The van der Waals surface area contributed by atoms with Crippen LogP contribution in [0, 0.1) is 13.8 Å². The second-order valence-electron chi connectivity index (χ2n) is 7.63. The minimum atomic E-state index is 0.635. The number of hydrogen-bond acceptors (Lipinski definition) is 4. The van der Waals surface area contributed by atoms with E-state index in [2.05, 4.69) is 86.2 Å². The number of anilines is 3. The van der Waals surface area contributed by atoms with E-state index in [1.165, 1.54) is 21.9 Å². The highest BCUT2D eigenvalue weighted by Gasteiger charge is 2.06. The predicted octanol–water partition coefficient (Wildman–Crippen LogP) is 5.45. The van der Waals surface area contributed by atoms with Gasteiger partial charge in [0.15, 0.2) is 0 Å². The number of benzene rings is 2. The largest absolute Gasteiger partial charge is 0.361 e. The van der Waals surface area contributed by atoms with Crippen molar-refractivity contribution in [2.24, 2.45) is 0 Å². The third-order valence-electron chi connectivity index (χ3n) is 5.23. The Morgan fingerprint density at radius 3 is 2.77 bits per heavy atom. The van der Waals surface area contributed by atoms with E-state index >= 15 is 0 Å². The first-order valence-electron chi connectivity index (χ1n) is 10.1. The summed E-state index contributed by atoms with van der Waals surface area (Å²) in [5.41, 5.74) is 6.67. The average molecular weight is 396 g/mol. The molecule has 0 saturated heterocycles. The van der Waals surface area contributed by atoms with Gasteiger partial charge in [-0.05, 0) is 56.2 Å². The number of para-hydroxylation sites is 1. The number of nitrogens with zero attached hydrogens (tertiary/aromatic N) is 2. The maximum absolute atomic E-state index is 4.65. The number of H-pyrrole nitrogens is 2. The highest BCUT2D eigenvalue weighted by atomic mass is 15.1. The Morgan fingerprint density at radius 2 is 1.83 bits per heavy atom. The Hall–Kier alpha value is -3.80. The number of aromatic amines is 2. The molecule has 5 rings (SSSR count). The number of nitrogens with one attached hydrogen (secondary N) is 4. The normalized spacial score (nSPS) is 11.3. The molecular formula is C24H24N6. The molecule has 5 aromatic rings. The van der Waals surface area contributed by atoms with Crippen molar-refractivity contribution in [3.05, 3.63) is 77.7 Å². The fourth-order valence-electron chi connectivity index (χ4n) is 3.86. The number of fused-ring (bicyclic) bond motifs is 2. The van der Waals surface area contributed by atoms with Crippen molar-refractivity contribution in [2.45, 2.75) is 20.3 Å². The Bertz CT molecular complexity index is 1330. The van der Waals surface area contributed by atoms with Gasteiger partial charge in [0.25, 0.3) is 0 Å². The van der Waals surface area contributed by atoms with Crippen molar-refractivity contribution in [1.29, 1.82) is 0 Å². The first-order chi connectivity index (χ1) is 14.6. The SMILES string of the molecule is Cc1cc(Nc2ccc3[nH]c(C)cc3c2)nc(NCCc2c[nH]c3ccccc23)n1. The van der Waals surface area contributed by atoms with Gasteiger partial charge in [-0.15, -0.1) is 0 Å². The van der Waals surface area contributed by atoms with Crippen LogP contribution in [0.15, 0.2) is 60.8 Å². The van der Waals surface area contributed by atoms with Gasteiger partial charge in [0, 0.05) is 57.7 Å². The van der Waals surface area contributed by atoms with Crippen molar-refractivity contribution >= 4 is 39.3 Å². The third-order valence-corrected chi connectivity index (χ3v) is 5.23. The number of aromatic nitrogens is 4. The van der Waals surface area contributed by atoms with Gasteiger partial charge in [0.05, 0.1) is 0 Å². The summed E-state index contributed by atoms with van der Waals surface area (Å²) < 4.78 is 0. The van der Waals surface area contributed by atoms with E-state index in [1.54, 1.807) is 0 Å². The zero-order chi connectivity index (χ0) is 20.5. The molecule has 0 bridgehead atoms. The highest BCUT2D eigenvalue weighted by molar-refractivity contribution is 5.85. The van der Waals surface area contributed by atoms with Gasteiger partial charge >= 0.3 is 0 Å². The van der Waals surface area contributed by atoms with Gasteiger partial charge in [0.2, 0.25) is 5.95 Å². The molecule has 0 unspecified atom stereocenters. The summed E-state index contributed by atoms with van der Waals surface area (Å²) in [5, 5.41) is 9.22. The Balaban J connectivity index is 1.29. The Labute approximate surface area is 174 Å². The van der Waals surface area contributed by atoms with E-state index < -0.39 is 0 Å². The van der Waals surface area contributed by atoms with Crippen LogP contribution in [0.5, 0.6) is 0 Å². The quantitative estimate of drug-likeness (QED) is 0.307. The molecule has 150 valence electrons. The van der Waals surface area contributed by atoms with Crippen molar-refractivity contribution in [1.82, 2.24) is 19.9 Å². The molecule has 6 nitrogen and oxygen atoms in total. The third kappa shape index (κ3) is 3.72. The molecule has 0 aliphatic heterocycles. The molecule has 4 N–H and O–H groups in total. The molecule has 3 heterocycles. The molecule has 6 heteroatoms. The van der Waals surface area contributed by atoms with E-state index in [1.807, 2.05) is 19.1 Å². The lowest BCUT2D eigenvalue weighted by atomic mass is 10.1. The van der Waals surface area contributed by atoms with E-state index in [0.717, 1.165) is 41.4 Å². The number of aryl methyl sites for hydroxylation is 2. The number of hydrogen-bond donors (Lipinski definition) is 4. The van der Waals surface area contributed by atoms with Crippen molar-refractivity contribution in [2.75, 3.05) is 17.2 Å².